The van der Waals surface area contributed by atoms with E-state index in [1.54, 1.807) is 18.2 Å². The molecule has 4 heteroatoms. The molecule has 2 nitrogen and oxygen atoms in total. The first-order chi connectivity index (χ1) is 9.98. The molecule has 1 unspecified atom stereocenters. The smallest absolute Gasteiger partial charge is 0.145 e. The van der Waals surface area contributed by atoms with Crippen molar-refractivity contribution in [1.29, 1.82) is 0 Å². The zero-order valence-corrected chi connectivity index (χ0v) is 13.6. The van der Waals surface area contributed by atoms with Crippen LogP contribution in [0.5, 0.6) is 0 Å². The van der Waals surface area contributed by atoms with Crippen LogP contribution >= 0.6 is 11.6 Å². The third-order valence-electron chi connectivity index (χ3n) is 4.70. The summed E-state index contributed by atoms with van der Waals surface area (Å²) in [7, 11) is 0. The van der Waals surface area contributed by atoms with E-state index in [9.17, 15) is 4.39 Å². The molecular weight excluding hydrogens is 289 g/mol. The van der Waals surface area contributed by atoms with Crippen molar-refractivity contribution in [2.24, 2.45) is 11.7 Å². The van der Waals surface area contributed by atoms with Crippen LogP contribution in [-0.2, 0) is 11.2 Å². The molecule has 118 valence electrons. The van der Waals surface area contributed by atoms with Gasteiger partial charge in [-0.2, -0.15) is 0 Å². The lowest BCUT2D eigenvalue weighted by Gasteiger charge is -2.43. The maximum Gasteiger partial charge on any atom is 0.145 e. The Hall–Kier alpha value is -0.640. The van der Waals surface area contributed by atoms with Crippen LogP contribution in [-0.4, -0.2) is 18.2 Å². The molecule has 0 aromatic heterocycles. The first-order valence-corrected chi connectivity index (χ1v) is 8.18. The first-order valence-electron chi connectivity index (χ1n) is 7.81. The molecule has 21 heavy (non-hydrogen) atoms. The summed E-state index contributed by atoms with van der Waals surface area (Å²) in [5.74, 6) is 0.360. The minimum Gasteiger partial charge on any atom is -0.374 e. The van der Waals surface area contributed by atoms with Gasteiger partial charge in [-0.1, -0.05) is 30.7 Å². The summed E-state index contributed by atoms with van der Waals surface area (Å²) < 4.78 is 20.1. The standard InChI is InChI=1S/C17H25ClFNO/c1-3-21-17(9-7-12(2)8-10-17)15(20)11-13-5-4-6-14(18)16(13)19/h4-6,12,15H,3,7-11,20H2,1-2H3. The second-order valence-electron chi connectivity index (χ2n) is 6.20. The van der Waals surface area contributed by atoms with E-state index < -0.39 is 0 Å². The van der Waals surface area contributed by atoms with E-state index in [0.29, 0.717) is 24.5 Å². The molecule has 0 amide bonds. The Bertz CT molecular complexity index is 472. The molecular formula is C17H25ClFNO. The van der Waals surface area contributed by atoms with Crippen molar-refractivity contribution in [3.63, 3.8) is 0 Å². The lowest BCUT2D eigenvalue weighted by atomic mass is 9.74. The molecule has 0 saturated heterocycles. The van der Waals surface area contributed by atoms with E-state index in [0.717, 1.165) is 25.7 Å². The summed E-state index contributed by atoms with van der Waals surface area (Å²) in [5, 5.41) is 0.155. The van der Waals surface area contributed by atoms with Crippen LogP contribution in [0.4, 0.5) is 4.39 Å². The van der Waals surface area contributed by atoms with Crippen LogP contribution < -0.4 is 5.73 Å². The van der Waals surface area contributed by atoms with Crippen LogP contribution in [0.3, 0.4) is 0 Å². The lowest BCUT2D eigenvalue weighted by molar-refractivity contribution is -0.0884. The third kappa shape index (κ3) is 3.77. The lowest BCUT2D eigenvalue weighted by Crippen LogP contribution is -2.53. The van der Waals surface area contributed by atoms with Gasteiger partial charge in [-0.3, -0.25) is 0 Å². The minimum absolute atomic E-state index is 0.155. The van der Waals surface area contributed by atoms with E-state index in [1.807, 2.05) is 6.92 Å². The zero-order valence-electron chi connectivity index (χ0n) is 12.9. The van der Waals surface area contributed by atoms with Crippen molar-refractivity contribution < 1.29 is 9.13 Å². The quantitative estimate of drug-likeness (QED) is 0.878. The van der Waals surface area contributed by atoms with Crippen LogP contribution in [0, 0.1) is 11.7 Å². The molecule has 1 aromatic rings. The number of hydrogen-bond donors (Lipinski definition) is 1. The van der Waals surface area contributed by atoms with Gasteiger partial charge in [-0.25, -0.2) is 4.39 Å². The fourth-order valence-corrected chi connectivity index (χ4v) is 3.48. The predicted octanol–water partition coefficient (Wildman–Crippen LogP) is 4.33. The monoisotopic (exact) mass is 313 g/mol. The van der Waals surface area contributed by atoms with Gasteiger partial charge in [0.25, 0.3) is 0 Å². The Morgan fingerprint density at radius 1 is 1.43 bits per heavy atom. The second kappa shape index (κ2) is 7.08. The normalized spacial score (nSPS) is 27.6. The number of benzene rings is 1. The van der Waals surface area contributed by atoms with Crippen LogP contribution in [0.1, 0.15) is 45.1 Å². The van der Waals surface area contributed by atoms with Gasteiger partial charge in [0.1, 0.15) is 5.82 Å². The fourth-order valence-electron chi connectivity index (χ4n) is 3.29. The van der Waals surface area contributed by atoms with Crippen molar-refractivity contribution in [1.82, 2.24) is 0 Å². The molecule has 1 fully saturated rings. The first kappa shape index (κ1) is 16.7. The van der Waals surface area contributed by atoms with E-state index in [1.165, 1.54) is 0 Å². The molecule has 1 aliphatic rings. The molecule has 1 atom stereocenters. The van der Waals surface area contributed by atoms with Gasteiger partial charge in [0.05, 0.1) is 10.6 Å². The van der Waals surface area contributed by atoms with Crippen molar-refractivity contribution in [2.75, 3.05) is 6.61 Å². The maximum absolute atomic E-state index is 14.1. The number of nitrogens with two attached hydrogens (primary N) is 1. The van der Waals surface area contributed by atoms with E-state index in [2.05, 4.69) is 6.92 Å². The average Bonchev–Trinajstić information content (AvgIpc) is 2.46. The molecule has 0 radical (unpaired) electrons. The van der Waals surface area contributed by atoms with E-state index in [4.69, 9.17) is 22.1 Å². The topological polar surface area (TPSA) is 35.2 Å². The Labute approximate surface area is 131 Å². The summed E-state index contributed by atoms with van der Waals surface area (Å²) in [5.41, 5.74) is 6.68. The molecule has 1 aliphatic carbocycles. The Balaban J connectivity index is 2.15. The predicted molar refractivity (Wildman–Crippen MR) is 85.1 cm³/mol. The number of ether oxygens (including phenoxy) is 1. The van der Waals surface area contributed by atoms with Crippen molar-refractivity contribution >= 4 is 11.6 Å². The fraction of sp³-hybridized carbons (Fsp3) is 0.647. The van der Waals surface area contributed by atoms with Gasteiger partial charge in [0.15, 0.2) is 0 Å². The molecule has 0 aliphatic heterocycles. The highest BCUT2D eigenvalue weighted by Gasteiger charge is 2.40. The van der Waals surface area contributed by atoms with Crippen molar-refractivity contribution in [2.45, 2.75) is 57.6 Å². The highest BCUT2D eigenvalue weighted by Crippen LogP contribution is 2.38. The Kier molecular flexibility index (Phi) is 5.64. The summed E-state index contributed by atoms with van der Waals surface area (Å²) >= 11 is 5.85. The largest absolute Gasteiger partial charge is 0.374 e. The van der Waals surface area contributed by atoms with Gasteiger partial charge in [0, 0.05) is 12.6 Å². The molecule has 2 N–H and O–H groups in total. The highest BCUT2D eigenvalue weighted by atomic mass is 35.5. The average molecular weight is 314 g/mol. The summed E-state index contributed by atoms with van der Waals surface area (Å²) in [6.07, 6.45) is 4.59. The SMILES string of the molecule is CCOC1(C(N)Cc2cccc(Cl)c2F)CCC(C)CC1. The third-order valence-corrected chi connectivity index (χ3v) is 4.99. The van der Waals surface area contributed by atoms with Gasteiger partial charge in [0.2, 0.25) is 0 Å². The van der Waals surface area contributed by atoms with Gasteiger partial charge < -0.3 is 10.5 Å². The highest BCUT2D eigenvalue weighted by molar-refractivity contribution is 6.30. The minimum atomic E-state index is -0.356. The van der Waals surface area contributed by atoms with E-state index in [-0.39, 0.29) is 22.5 Å². The number of halogens is 2. The molecule has 1 aromatic carbocycles. The van der Waals surface area contributed by atoms with Crippen LogP contribution in [0.2, 0.25) is 5.02 Å². The number of hydrogen-bond acceptors (Lipinski definition) is 2. The second-order valence-corrected chi connectivity index (χ2v) is 6.61. The van der Waals surface area contributed by atoms with Crippen LogP contribution in [0.15, 0.2) is 18.2 Å². The summed E-state index contributed by atoms with van der Waals surface area (Å²) in [4.78, 5) is 0. The molecule has 0 spiro atoms. The maximum atomic E-state index is 14.1. The molecule has 1 saturated carbocycles. The van der Waals surface area contributed by atoms with Crippen LogP contribution in [0.25, 0.3) is 0 Å². The summed E-state index contributed by atoms with van der Waals surface area (Å²) in [6, 6.07) is 4.88. The molecule has 0 heterocycles. The van der Waals surface area contributed by atoms with Crippen molar-refractivity contribution in [3.8, 4) is 0 Å². The van der Waals surface area contributed by atoms with Gasteiger partial charge >= 0.3 is 0 Å². The Morgan fingerprint density at radius 2 is 2.10 bits per heavy atom. The van der Waals surface area contributed by atoms with Crippen molar-refractivity contribution in [3.05, 3.63) is 34.6 Å². The van der Waals surface area contributed by atoms with Gasteiger partial charge in [-0.05, 0) is 56.6 Å². The summed E-state index contributed by atoms with van der Waals surface area (Å²) in [6.45, 7) is 4.89. The molecule has 0 bridgehead atoms. The number of rotatable bonds is 5. The Morgan fingerprint density at radius 3 is 2.71 bits per heavy atom. The zero-order chi connectivity index (χ0) is 15.5. The van der Waals surface area contributed by atoms with E-state index >= 15 is 0 Å². The van der Waals surface area contributed by atoms with Gasteiger partial charge in [-0.15, -0.1) is 0 Å². The molecule has 2 rings (SSSR count).